The molecule has 18 nitrogen and oxygen atoms in total. The fraction of sp³-hybridized carbons (Fsp3) is 0.521. The van der Waals surface area contributed by atoms with Crippen LogP contribution >= 0.6 is 0 Å². The Morgan fingerprint density at radius 3 is 0.759 bits per heavy atom. The normalized spacial score (nSPS) is 12.4. The van der Waals surface area contributed by atoms with Crippen molar-refractivity contribution in [1.29, 1.82) is 16.2 Å². The molecule has 0 aromatic heterocycles. The van der Waals surface area contributed by atoms with E-state index < -0.39 is 0 Å². The highest BCUT2D eigenvalue weighted by Crippen LogP contribution is 2.08. The number of guanidine groups is 3. The molecule has 0 spiro atoms. The van der Waals surface area contributed by atoms with Gasteiger partial charge in [-0.2, -0.15) is 0 Å². The second-order valence-corrected chi connectivity index (χ2v) is 27.1. The zero-order chi connectivity index (χ0) is 83.1. The molecule has 112 heavy (non-hydrogen) atoms. The van der Waals surface area contributed by atoms with Gasteiger partial charge < -0.3 is 46.9 Å². The summed E-state index contributed by atoms with van der Waals surface area (Å²) in [7, 11) is 6.90. The van der Waals surface area contributed by atoms with Crippen molar-refractivity contribution in [2.75, 3.05) is 80.7 Å². The number of amides is 1. The van der Waals surface area contributed by atoms with Crippen LogP contribution in [0.25, 0.3) is 0 Å². The van der Waals surface area contributed by atoms with Gasteiger partial charge in [0.15, 0.2) is 35.2 Å². The van der Waals surface area contributed by atoms with E-state index in [1.807, 2.05) is 13.1 Å². The summed E-state index contributed by atoms with van der Waals surface area (Å²) in [5, 5.41) is 24.6. The van der Waals surface area contributed by atoms with Gasteiger partial charge in [-0.15, -0.1) is 0 Å². The average molecular weight is 1550 g/mol. The summed E-state index contributed by atoms with van der Waals surface area (Å²) in [6.45, 7) is 10.1. The van der Waals surface area contributed by atoms with Gasteiger partial charge in [0.25, 0.3) is 0 Å². The molecule has 0 unspecified atom stereocenters. The first kappa shape index (κ1) is 107. The van der Waals surface area contributed by atoms with E-state index in [0.717, 1.165) is 154 Å². The van der Waals surface area contributed by atoms with E-state index in [9.17, 15) is 28.8 Å². The predicted molar refractivity (Wildman–Crippen MR) is 479 cm³/mol. The van der Waals surface area contributed by atoms with Crippen LogP contribution in [0.5, 0.6) is 0 Å². The van der Waals surface area contributed by atoms with Crippen molar-refractivity contribution in [3.05, 3.63) is 219 Å². The summed E-state index contributed by atoms with van der Waals surface area (Å²) in [6, 6.07) is 0. The van der Waals surface area contributed by atoms with Crippen molar-refractivity contribution in [2.45, 2.75) is 239 Å². The van der Waals surface area contributed by atoms with Crippen molar-refractivity contribution in [3.8, 4) is 0 Å². The van der Waals surface area contributed by atoms with Crippen LogP contribution in [0, 0.1) is 16.2 Å². The average Bonchev–Trinajstić information content (AvgIpc) is 0.978. The molecular formula is C94H151N11O7. The van der Waals surface area contributed by atoms with Gasteiger partial charge in [0.05, 0.1) is 19.6 Å². The number of nitrogens with one attached hydrogen (secondary N) is 4. The van der Waals surface area contributed by atoms with Gasteiger partial charge in [-0.3, -0.25) is 45.0 Å². The summed E-state index contributed by atoms with van der Waals surface area (Å²) in [4.78, 5) is 77.6. The third kappa shape index (κ3) is 88.1. The van der Waals surface area contributed by atoms with E-state index in [1.54, 1.807) is 21.1 Å². The highest BCUT2D eigenvalue weighted by molar-refractivity contribution is 5.87. The van der Waals surface area contributed by atoms with Crippen molar-refractivity contribution in [2.24, 2.45) is 17.2 Å². The van der Waals surface area contributed by atoms with Crippen LogP contribution in [0.4, 0.5) is 0 Å². The predicted octanol–water partition coefficient (Wildman–Crippen LogP) is 19.7. The van der Waals surface area contributed by atoms with E-state index in [4.69, 9.17) is 38.2 Å². The number of Topliss-reactive ketones (excluding diaryl/α,β-unsaturated/α-hetero) is 5. The lowest BCUT2D eigenvalue weighted by molar-refractivity contribution is -0.122. The lowest BCUT2D eigenvalue weighted by Gasteiger charge is -2.17. The molecule has 18 heteroatoms. The van der Waals surface area contributed by atoms with Crippen LogP contribution in [-0.2, 0) is 33.5 Å². The first-order valence-corrected chi connectivity index (χ1v) is 41.3. The minimum Gasteiger partial charge on any atom is -0.381 e. The van der Waals surface area contributed by atoms with E-state index in [2.05, 4.69) is 244 Å². The summed E-state index contributed by atoms with van der Waals surface area (Å²) >= 11 is 0. The quantitative estimate of drug-likeness (QED) is 0.0129. The summed E-state index contributed by atoms with van der Waals surface area (Å²) < 4.78 is 5.51. The number of hydrogen-bond acceptors (Lipinski definition) is 11. The molecule has 0 aromatic rings. The number of ketones is 5. The first-order chi connectivity index (χ1) is 54.3. The highest BCUT2D eigenvalue weighted by atomic mass is 16.5. The minimum absolute atomic E-state index is 0.00201. The maximum Gasteiger partial charge on any atom is 0.220 e. The number of allylic oxidation sites excluding steroid dienone is 36. The lowest BCUT2D eigenvalue weighted by atomic mass is 10.1. The second kappa shape index (κ2) is 85.9. The number of nitrogens with two attached hydrogens (primary N) is 3. The van der Waals surface area contributed by atoms with E-state index in [-0.39, 0.29) is 66.6 Å². The standard InChI is InChI=1S/C33H54N4O2.C32H51N3O3.C29H46N4O2/c1-4-5-6-7-8-9-10-11-12-13-14-15-16-17-18-19-20-21-22-25-31(38)26-23-28-36(2)29-24-27-32(39)30-37(3)33(34)35;1-3-4-5-6-7-8-9-10-11-12-13-14-15-16-17-18-19-20-21-24-30(36)25-22-27-38-28-23-26-31(37)29-35(2)32(33)34;1-3-4-5-6-7-8-9-10-11-12-13-14-15-16-17-18-19-20-21-24-28(35)32-25-22-23-27(34)26-33(2)29(30)31/h5-6,8-9,11-12,14-15,17-18,20-21H,4,7,10,13,16,19,22-30H2,1-3H3,(H3,34,35);4-5,7-8,10-11,13-14,16-17,19-20H,3,6,9,12,15,18,21-29H2,1-2H3,(H3,33,34);4-5,7-8,10-11,13-14,16-17,19-20H,3,6,9,12,15,18,21-26H2,1-2H3,(H3,30,31)(H,32,35)/b6-5-,9-8-,12-11-,15-14-,18-17-,21-20-;2*5-4-,8-7-,11-10-,14-13-,17-16-,20-19-. The fourth-order valence-electron chi connectivity index (χ4n) is 9.81. The first-order valence-electron chi connectivity index (χ1n) is 41.3. The Labute approximate surface area is 679 Å². The molecule has 0 radical (unpaired) electrons. The second-order valence-electron chi connectivity index (χ2n) is 27.1. The Kier molecular flexibility index (Phi) is 82.1. The maximum absolute atomic E-state index is 12.1. The Morgan fingerprint density at radius 2 is 0.500 bits per heavy atom. The molecule has 0 saturated heterocycles. The topological polar surface area (TPSA) is 286 Å². The molecule has 0 saturated carbocycles. The van der Waals surface area contributed by atoms with Gasteiger partial charge in [0, 0.05) is 92.3 Å². The molecular weight excluding hydrogens is 1400 g/mol. The Bertz CT molecular complexity index is 3040. The van der Waals surface area contributed by atoms with Crippen LogP contribution in [0.15, 0.2) is 219 Å². The van der Waals surface area contributed by atoms with Crippen LogP contribution < -0.4 is 22.5 Å². The third-order valence-electron chi connectivity index (χ3n) is 16.4. The number of nitrogens with zero attached hydrogens (tertiary/aromatic N) is 4. The maximum atomic E-state index is 12.1. The third-order valence-corrected chi connectivity index (χ3v) is 16.4. The van der Waals surface area contributed by atoms with Crippen molar-refractivity contribution in [1.82, 2.24) is 24.9 Å². The molecule has 1 amide bonds. The summed E-state index contributed by atoms with van der Waals surface area (Å²) in [5.74, 6) is 0.377. The van der Waals surface area contributed by atoms with E-state index >= 15 is 0 Å². The number of carbonyl (C=O) groups excluding carboxylic acids is 6. The van der Waals surface area contributed by atoms with E-state index in [1.165, 1.54) is 14.7 Å². The molecule has 624 valence electrons. The molecule has 0 bridgehead atoms. The van der Waals surface area contributed by atoms with Gasteiger partial charge in [-0.1, -0.05) is 240 Å². The molecule has 0 rings (SSSR count). The van der Waals surface area contributed by atoms with Crippen LogP contribution in [-0.4, -0.2) is 153 Å². The van der Waals surface area contributed by atoms with Gasteiger partial charge in [-0.05, 0) is 187 Å². The number of rotatable bonds is 68. The van der Waals surface area contributed by atoms with Crippen molar-refractivity contribution >= 4 is 52.7 Å². The molecule has 10 N–H and O–H groups in total. The fourth-order valence-corrected chi connectivity index (χ4v) is 9.81. The molecule has 0 heterocycles. The van der Waals surface area contributed by atoms with Crippen LogP contribution in [0.3, 0.4) is 0 Å². The zero-order valence-electron chi connectivity index (χ0n) is 70.4. The minimum atomic E-state index is -0.124. The molecule has 0 aromatic carbocycles. The molecule has 0 aliphatic heterocycles. The van der Waals surface area contributed by atoms with Gasteiger partial charge in [0.1, 0.15) is 11.6 Å². The summed E-state index contributed by atoms with van der Waals surface area (Å²) in [6.07, 6.45) is 106. The zero-order valence-corrected chi connectivity index (χ0v) is 70.4. The van der Waals surface area contributed by atoms with Gasteiger partial charge in [0.2, 0.25) is 5.91 Å². The van der Waals surface area contributed by atoms with Crippen LogP contribution in [0.1, 0.15) is 239 Å². The number of ether oxygens (including phenoxy) is 1. The number of hydrogen-bond donors (Lipinski definition) is 7. The highest BCUT2D eigenvalue weighted by Gasteiger charge is 2.11. The number of carbonyl (C=O) groups is 6. The Morgan fingerprint density at radius 1 is 0.286 bits per heavy atom. The van der Waals surface area contributed by atoms with Gasteiger partial charge in [-0.25, -0.2) is 0 Å². The molecule has 0 aliphatic carbocycles. The van der Waals surface area contributed by atoms with Crippen LogP contribution in [0.2, 0.25) is 0 Å². The Hall–Kier alpha value is -9.13. The molecule has 0 fully saturated rings. The Balaban J connectivity index is -0.00000159. The van der Waals surface area contributed by atoms with Gasteiger partial charge >= 0.3 is 0 Å². The lowest BCUT2D eigenvalue weighted by Crippen LogP contribution is -2.37. The monoisotopic (exact) mass is 1550 g/mol. The smallest absolute Gasteiger partial charge is 0.220 e. The SMILES string of the molecule is CC/C=C\C/C=C\C/C=C\C/C=C\C/C=C\C/C=C\CCC(=O)CCCN(C)CCCC(=O)CN(C)C(=N)N.CC/C=C\C/C=C\C/C=C\C/C=C\C/C=C\C/C=C\CCC(=O)CCCOCCCC(=O)CN(C)C(=N)N.CC/C=C\C/C=C\C/C=C\C/C=C\C/C=C\C/C=C\CCC(=O)NCCCC(=O)CN(C)C(=N)N. The summed E-state index contributed by atoms with van der Waals surface area (Å²) in [5.41, 5.74) is 16.0. The van der Waals surface area contributed by atoms with Crippen molar-refractivity contribution < 1.29 is 33.5 Å². The molecule has 0 aliphatic rings. The largest absolute Gasteiger partial charge is 0.381 e. The van der Waals surface area contributed by atoms with Crippen molar-refractivity contribution in [3.63, 3.8) is 0 Å². The van der Waals surface area contributed by atoms with E-state index in [0.29, 0.717) is 103 Å². The molecule has 0 atom stereocenters. The number of likely N-dealkylation sites (N-methyl/N-ethyl adjacent to an activating group) is 3.